The molecule has 0 radical (unpaired) electrons. The standard InChI is InChI=1S/C28H11F4NO7/c29-21-19-20(22(30)24(32)23(21)31)26(37)33(25(19)36)10-1-4-14-13(7-10)27(38)40-28(14)15-5-2-11(34)8-17(15)39-18-9-12(35)3-6-16(18)28/h1-9,34-35H. The number of carbonyl (C=O) groups is 3. The number of imide groups is 1. The highest BCUT2D eigenvalue weighted by molar-refractivity contribution is 6.34. The Morgan fingerprint density at radius 1 is 0.650 bits per heavy atom. The van der Waals surface area contributed by atoms with E-state index in [0.29, 0.717) is 16.0 Å². The fourth-order valence-electron chi connectivity index (χ4n) is 5.42. The molecule has 4 aromatic rings. The predicted octanol–water partition coefficient (Wildman–Crippen LogP) is 5.02. The summed E-state index contributed by atoms with van der Waals surface area (Å²) in [7, 11) is 0. The molecule has 0 fully saturated rings. The van der Waals surface area contributed by atoms with Gasteiger partial charge in [0.2, 0.25) is 0 Å². The quantitative estimate of drug-likeness (QED) is 0.113. The zero-order valence-corrected chi connectivity index (χ0v) is 19.6. The van der Waals surface area contributed by atoms with Crippen molar-refractivity contribution in [1.82, 2.24) is 0 Å². The molecular weight excluding hydrogens is 538 g/mol. The van der Waals surface area contributed by atoms with Crippen LogP contribution in [0.3, 0.4) is 0 Å². The number of benzene rings is 4. The predicted molar refractivity (Wildman–Crippen MR) is 125 cm³/mol. The SMILES string of the molecule is O=C1OC2(c3ccc(O)cc3Oc3cc(O)ccc32)c2ccc(N3C(=O)c4c(F)c(F)c(F)c(F)c4C3=O)cc21. The number of ether oxygens (including phenoxy) is 2. The number of phenols is 2. The van der Waals surface area contributed by atoms with Gasteiger partial charge in [-0.2, -0.15) is 0 Å². The van der Waals surface area contributed by atoms with Gasteiger partial charge in [0.25, 0.3) is 11.8 Å². The third kappa shape index (κ3) is 2.76. The molecule has 3 aliphatic heterocycles. The molecule has 0 saturated heterocycles. The van der Waals surface area contributed by atoms with Gasteiger partial charge in [-0.15, -0.1) is 0 Å². The molecule has 40 heavy (non-hydrogen) atoms. The molecule has 0 bridgehead atoms. The Bertz CT molecular complexity index is 1810. The molecular formula is C28H11F4NO7. The van der Waals surface area contributed by atoms with E-state index in [2.05, 4.69) is 0 Å². The van der Waals surface area contributed by atoms with Gasteiger partial charge in [0.15, 0.2) is 28.9 Å². The molecule has 0 aromatic heterocycles. The van der Waals surface area contributed by atoms with Crippen molar-refractivity contribution in [3.63, 3.8) is 0 Å². The van der Waals surface area contributed by atoms with E-state index >= 15 is 0 Å². The zero-order chi connectivity index (χ0) is 28.2. The summed E-state index contributed by atoms with van der Waals surface area (Å²) >= 11 is 0. The molecule has 0 atom stereocenters. The van der Waals surface area contributed by atoms with Crippen LogP contribution in [0.2, 0.25) is 0 Å². The molecule has 1 spiro atoms. The first-order valence-electron chi connectivity index (χ1n) is 11.5. The average molecular weight is 549 g/mol. The highest BCUT2D eigenvalue weighted by atomic mass is 19.2. The zero-order valence-electron chi connectivity index (χ0n) is 19.6. The first-order chi connectivity index (χ1) is 19.0. The lowest BCUT2D eigenvalue weighted by Gasteiger charge is -2.36. The first-order valence-corrected chi connectivity index (χ1v) is 11.5. The highest BCUT2D eigenvalue weighted by Gasteiger charge is 2.54. The summed E-state index contributed by atoms with van der Waals surface area (Å²) in [5.41, 5.74) is -3.83. The number of carbonyl (C=O) groups excluding carboxylic acids is 3. The molecule has 0 unspecified atom stereocenters. The van der Waals surface area contributed by atoms with Crippen molar-refractivity contribution >= 4 is 23.5 Å². The number of rotatable bonds is 1. The van der Waals surface area contributed by atoms with Crippen molar-refractivity contribution in [2.45, 2.75) is 5.60 Å². The van der Waals surface area contributed by atoms with Gasteiger partial charge in [0.05, 0.1) is 22.4 Å². The molecule has 4 aromatic carbocycles. The van der Waals surface area contributed by atoms with E-state index in [0.717, 1.165) is 6.07 Å². The Kier molecular flexibility index (Phi) is 4.50. The van der Waals surface area contributed by atoms with Gasteiger partial charge in [0.1, 0.15) is 23.0 Å². The van der Waals surface area contributed by atoms with E-state index in [9.17, 15) is 42.2 Å². The van der Waals surface area contributed by atoms with Crippen LogP contribution in [0, 0.1) is 23.3 Å². The van der Waals surface area contributed by atoms with Crippen LogP contribution >= 0.6 is 0 Å². The Hall–Kier alpha value is -5.39. The summed E-state index contributed by atoms with van der Waals surface area (Å²) in [6.07, 6.45) is 0. The molecule has 3 heterocycles. The lowest BCUT2D eigenvalue weighted by Crippen LogP contribution is -2.33. The van der Waals surface area contributed by atoms with Crippen LogP contribution in [0.1, 0.15) is 47.8 Å². The monoisotopic (exact) mass is 549 g/mol. The van der Waals surface area contributed by atoms with Gasteiger partial charge in [-0.05, 0) is 36.4 Å². The van der Waals surface area contributed by atoms with Gasteiger partial charge in [-0.1, -0.05) is 6.07 Å². The van der Waals surface area contributed by atoms with Gasteiger partial charge in [0, 0.05) is 28.8 Å². The van der Waals surface area contributed by atoms with Gasteiger partial charge in [-0.25, -0.2) is 27.3 Å². The second-order valence-electron chi connectivity index (χ2n) is 9.22. The van der Waals surface area contributed by atoms with Crippen molar-refractivity contribution in [1.29, 1.82) is 0 Å². The van der Waals surface area contributed by atoms with Crippen LogP contribution in [0.15, 0.2) is 54.6 Å². The highest BCUT2D eigenvalue weighted by Crippen LogP contribution is 2.57. The molecule has 3 aliphatic rings. The van der Waals surface area contributed by atoms with Crippen molar-refractivity contribution in [2.24, 2.45) is 0 Å². The van der Waals surface area contributed by atoms with Crippen LogP contribution in [-0.2, 0) is 10.3 Å². The topological polar surface area (TPSA) is 113 Å². The third-order valence-corrected chi connectivity index (χ3v) is 7.12. The number of hydrogen-bond acceptors (Lipinski definition) is 7. The Balaban J connectivity index is 1.42. The Morgan fingerprint density at radius 3 is 1.68 bits per heavy atom. The van der Waals surface area contributed by atoms with Crippen LogP contribution in [0.5, 0.6) is 23.0 Å². The number of nitrogens with zero attached hydrogens (tertiary/aromatic N) is 1. The van der Waals surface area contributed by atoms with E-state index in [1.54, 1.807) is 0 Å². The number of phenolic OH excluding ortho intramolecular Hbond substituents is 2. The largest absolute Gasteiger partial charge is 0.508 e. The maximum Gasteiger partial charge on any atom is 0.340 e. The van der Waals surface area contributed by atoms with E-state index in [-0.39, 0.29) is 39.8 Å². The second kappa shape index (κ2) is 7.59. The fraction of sp³-hybridized carbons (Fsp3) is 0.0357. The fourth-order valence-corrected chi connectivity index (χ4v) is 5.42. The van der Waals surface area contributed by atoms with E-state index in [1.165, 1.54) is 48.5 Å². The number of amides is 2. The molecule has 2 amide bonds. The van der Waals surface area contributed by atoms with Crippen LogP contribution in [0.4, 0.5) is 23.2 Å². The van der Waals surface area contributed by atoms with E-state index < -0.39 is 57.8 Å². The number of aromatic hydroxyl groups is 2. The maximum absolute atomic E-state index is 14.4. The molecule has 198 valence electrons. The first kappa shape index (κ1) is 23.7. The number of halogens is 4. The number of hydrogen-bond donors (Lipinski definition) is 2. The summed E-state index contributed by atoms with van der Waals surface area (Å²) < 4.78 is 68.2. The van der Waals surface area contributed by atoms with Gasteiger partial charge in [-0.3, -0.25) is 9.59 Å². The molecule has 12 heteroatoms. The summed E-state index contributed by atoms with van der Waals surface area (Å²) in [4.78, 5) is 39.5. The summed E-state index contributed by atoms with van der Waals surface area (Å²) in [5, 5.41) is 20.0. The van der Waals surface area contributed by atoms with Gasteiger partial charge < -0.3 is 19.7 Å². The summed E-state index contributed by atoms with van der Waals surface area (Å²) in [6.45, 7) is 0. The number of fused-ring (bicyclic) bond motifs is 7. The summed E-state index contributed by atoms with van der Waals surface area (Å²) in [5.74, 6) is -12.4. The Labute approximate surface area is 220 Å². The smallest absolute Gasteiger partial charge is 0.340 e. The van der Waals surface area contributed by atoms with Crippen molar-refractivity contribution in [3.05, 3.63) is 111 Å². The number of esters is 1. The summed E-state index contributed by atoms with van der Waals surface area (Å²) in [6, 6.07) is 11.8. The Morgan fingerprint density at radius 2 is 1.15 bits per heavy atom. The third-order valence-electron chi connectivity index (χ3n) is 7.12. The van der Waals surface area contributed by atoms with E-state index in [4.69, 9.17) is 9.47 Å². The van der Waals surface area contributed by atoms with Gasteiger partial charge >= 0.3 is 5.97 Å². The minimum atomic E-state index is -2.24. The lowest BCUT2D eigenvalue weighted by atomic mass is 9.77. The molecule has 0 aliphatic carbocycles. The van der Waals surface area contributed by atoms with Crippen LogP contribution in [0.25, 0.3) is 0 Å². The maximum atomic E-state index is 14.4. The van der Waals surface area contributed by atoms with Crippen molar-refractivity contribution in [2.75, 3.05) is 4.90 Å². The minimum Gasteiger partial charge on any atom is -0.508 e. The van der Waals surface area contributed by atoms with Crippen LogP contribution < -0.4 is 9.64 Å². The minimum absolute atomic E-state index is 0.109. The molecule has 0 saturated carbocycles. The molecule has 2 N–H and O–H groups in total. The van der Waals surface area contributed by atoms with Crippen molar-refractivity contribution < 1.29 is 51.6 Å². The van der Waals surface area contributed by atoms with Crippen molar-refractivity contribution in [3.8, 4) is 23.0 Å². The normalized spacial score (nSPS) is 15.9. The second-order valence-corrected chi connectivity index (χ2v) is 9.22. The molecule has 8 nitrogen and oxygen atoms in total. The molecule has 7 rings (SSSR count). The average Bonchev–Trinajstić information content (AvgIpc) is 3.35. The van der Waals surface area contributed by atoms with Crippen LogP contribution in [-0.4, -0.2) is 28.0 Å². The van der Waals surface area contributed by atoms with E-state index in [1.807, 2.05) is 0 Å². The number of anilines is 1. The lowest BCUT2D eigenvalue weighted by molar-refractivity contribution is 0.0224.